The van der Waals surface area contributed by atoms with Gasteiger partial charge in [-0.3, -0.25) is 19.9 Å². The van der Waals surface area contributed by atoms with Crippen molar-refractivity contribution in [2.45, 2.75) is 6.42 Å². The molecule has 0 bridgehead atoms. The van der Waals surface area contributed by atoms with Crippen molar-refractivity contribution in [2.24, 2.45) is 0 Å². The lowest BCUT2D eigenvalue weighted by Gasteiger charge is -2.18. The molecule has 0 saturated heterocycles. The summed E-state index contributed by atoms with van der Waals surface area (Å²) in [5.41, 5.74) is 1.42. The minimum Gasteiger partial charge on any atom is -0.289 e. The van der Waals surface area contributed by atoms with E-state index < -0.39 is 0 Å². The fourth-order valence-electron chi connectivity index (χ4n) is 2.25. The van der Waals surface area contributed by atoms with E-state index in [2.05, 4.69) is 0 Å². The first-order chi connectivity index (χ1) is 7.70. The molecule has 1 N–H and O–H groups in total. The van der Waals surface area contributed by atoms with Crippen LogP contribution in [0.25, 0.3) is 0 Å². The van der Waals surface area contributed by atoms with E-state index in [0.717, 1.165) is 5.06 Å². The maximum absolute atomic E-state index is 12.0. The highest BCUT2D eigenvalue weighted by molar-refractivity contribution is 6.26. The van der Waals surface area contributed by atoms with E-state index in [1.807, 2.05) is 0 Å². The van der Waals surface area contributed by atoms with E-state index in [-0.39, 0.29) is 17.3 Å². The van der Waals surface area contributed by atoms with Crippen LogP contribution in [0.1, 0.15) is 27.1 Å². The molecule has 1 aliphatic carbocycles. The second-order valence-corrected chi connectivity index (χ2v) is 3.90. The minimum atomic E-state index is -0.259. The highest BCUT2D eigenvalue weighted by atomic mass is 16.5. The lowest BCUT2D eigenvalue weighted by molar-refractivity contribution is -0.0427. The number of fused-ring (bicyclic) bond motifs is 1. The maximum Gasteiger partial charge on any atom is 0.212 e. The number of hydrogen-bond acceptors (Lipinski definition) is 4. The first kappa shape index (κ1) is 9.30. The predicted molar refractivity (Wildman–Crippen MR) is 55.2 cm³/mol. The molecular formula is C12H9NO3. The lowest BCUT2D eigenvalue weighted by atomic mass is 9.87. The van der Waals surface area contributed by atoms with Gasteiger partial charge >= 0.3 is 0 Å². The van der Waals surface area contributed by atoms with Gasteiger partial charge in [-0.25, -0.2) is 0 Å². The number of ketones is 2. The summed E-state index contributed by atoms with van der Waals surface area (Å²) >= 11 is 0. The smallest absolute Gasteiger partial charge is 0.212 e. The fourth-order valence-corrected chi connectivity index (χ4v) is 2.25. The highest BCUT2D eigenvalue weighted by Gasteiger charge is 2.37. The zero-order chi connectivity index (χ0) is 11.3. The molecule has 0 unspecified atom stereocenters. The van der Waals surface area contributed by atoms with Crippen LogP contribution < -0.4 is 0 Å². The number of hydrogen-bond donors (Lipinski definition) is 1. The Morgan fingerprint density at radius 1 is 1.06 bits per heavy atom. The van der Waals surface area contributed by atoms with Crippen molar-refractivity contribution in [3.8, 4) is 0 Å². The number of rotatable bonds is 0. The van der Waals surface area contributed by atoms with Crippen LogP contribution in [0.15, 0.2) is 35.5 Å². The van der Waals surface area contributed by atoms with Gasteiger partial charge in [-0.1, -0.05) is 24.3 Å². The quantitative estimate of drug-likeness (QED) is 0.711. The number of nitrogens with zero attached hydrogens (tertiary/aromatic N) is 1. The average molecular weight is 215 g/mol. The van der Waals surface area contributed by atoms with Gasteiger partial charge in [0.1, 0.15) is 5.70 Å². The molecule has 4 nitrogen and oxygen atoms in total. The minimum absolute atomic E-state index is 0.137. The SMILES string of the molecule is O=C1C2=C(C(=O)c3ccccc31)N(O)CC2. The summed E-state index contributed by atoms with van der Waals surface area (Å²) in [6.45, 7) is 0.316. The number of carbonyl (C=O) groups is 2. The summed E-state index contributed by atoms with van der Waals surface area (Å²) in [4.78, 5) is 24.1. The van der Waals surface area contributed by atoms with E-state index in [1.54, 1.807) is 24.3 Å². The van der Waals surface area contributed by atoms with Crippen molar-refractivity contribution < 1.29 is 14.8 Å². The molecule has 80 valence electrons. The largest absolute Gasteiger partial charge is 0.289 e. The van der Waals surface area contributed by atoms with Gasteiger partial charge in [0.2, 0.25) is 5.78 Å². The molecule has 0 amide bonds. The van der Waals surface area contributed by atoms with Crippen molar-refractivity contribution in [1.82, 2.24) is 5.06 Å². The third-order valence-corrected chi connectivity index (χ3v) is 3.02. The predicted octanol–water partition coefficient (Wildman–Crippen LogP) is 1.41. The molecule has 1 aromatic rings. The van der Waals surface area contributed by atoms with E-state index in [1.165, 1.54) is 0 Å². The molecule has 1 aromatic carbocycles. The molecule has 1 aliphatic heterocycles. The Hall–Kier alpha value is -1.94. The Labute approximate surface area is 91.8 Å². The third-order valence-electron chi connectivity index (χ3n) is 3.02. The van der Waals surface area contributed by atoms with Gasteiger partial charge in [0.25, 0.3) is 0 Å². The number of Topliss-reactive ketones (excluding diaryl/α,β-unsaturated/α-hetero) is 2. The average Bonchev–Trinajstić information content (AvgIpc) is 2.69. The zero-order valence-corrected chi connectivity index (χ0v) is 8.43. The Bertz CT molecular complexity index is 545. The molecule has 3 rings (SSSR count). The van der Waals surface area contributed by atoms with Crippen LogP contribution >= 0.6 is 0 Å². The first-order valence-corrected chi connectivity index (χ1v) is 5.08. The third kappa shape index (κ3) is 1.02. The van der Waals surface area contributed by atoms with Crippen LogP contribution in [0.3, 0.4) is 0 Å². The molecule has 1 heterocycles. The zero-order valence-electron chi connectivity index (χ0n) is 8.43. The Kier molecular flexibility index (Phi) is 1.76. The van der Waals surface area contributed by atoms with E-state index in [4.69, 9.17) is 0 Å². The number of benzene rings is 1. The van der Waals surface area contributed by atoms with Crippen LogP contribution in [-0.2, 0) is 0 Å². The van der Waals surface area contributed by atoms with E-state index in [0.29, 0.717) is 29.7 Å². The summed E-state index contributed by atoms with van der Waals surface area (Å²) in [6.07, 6.45) is 0.435. The molecule has 0 spiro atoms. The van der Waals surface area contributed by atoms with Crippen molar-refractivity contribution in [3.63, 3.8) is 0 Å². The van der Waals surface area contributed by atoms with Gasteiger partial charge in [0.15, 0.2) is 5.78 Å². The maximum atomic E-state index is 12.0. The normalized spacial score (nSPS) is 18.9. The van der Waals surface area contributed by atoms with Gasteiger partial charge in [0, 0.05) is 23.2 Å². The summed E-state index contributed by atoms with van der Waals surface area (Å²) in [5, 5.41) is 10.4. The van der Waals surface area contributed by atoms with Gasteiger partial charge in [-0.2, -0.15) is 0 Å². The molecule has 16 heavy (non-hydrogen) atoms. The van der Waals surface area contributed by atoms with Gasteiger partial charge in [-0.15, -0.1) is 0 Å². The standard InChI is InChI=1S/C12H9NO3/c14-11-7-3-1-2-4-8(7)12(15)10-9(11)5-6-13(10)16/h1-4,16H,5-6H2. The van der Waals surface area contributed by atoms with Crippen molar-refractivity contribution in [1.29, 1.82) is 0 Å². The highest BCUT2D eigenvalue weighted by Crippen LogP contribution is 2.33. The van der Waals surface area contributed by atoms with Crippen LogP contribution in [0.4, 0.5) is 0 Å². The molecule has 0 radical (unpaired) electrons. The molecule has 0 saturated carbocycles. The molecule has 0 aromatic heterocycles. The monoisotopic (exact) mass is 215 g/mol. The topological polar surface area (TPSA) is 57.6 Å². The lowest BCUT2D eigenvalue weighted by Crippen LogP contribution is -2.26. The first-order valence-electron chi connectivity index (χ1n) is 5.08. The summed E-state index contributed by atoms with van der Waals surface area (Å²) < 4.78 is 0. The molecule has 4 heteroatoms. The Morgan fingerprint density at radius 2 is 1.69 bits per heavy atom. The molecule has 0 fully saturated rings. The van der Waals surface area contributed by atoms with Gasteiger partial charge in [-0.05, 0) is 6.42 Å². The Morgan fingerprint density at radius 3 is 2.38 bits per heavy atom. The molecular weight excluding hydrogens is 206 g/mol. The number of hydroxylamine groups is 2. The second kappa shape index (κ2) is 3.02. The number of carbonyl (C=O) groups excluding carboxylic acids is 2. The van der Waals surface area contributed by atoms with Crippen molar-refractivity contribution in [2.75, 3.05) is 6.54 Å². The fraction of sp³-hybridized carbons (Fsp3) is 0.167. The van der Waals surface area contributed by atoms with Crippen LogP contribution in [0, 0.1) is 0 Å². The van der Waals surface area contributed by atoms with E-state index >= 15 is 0 Å². The summed E-state index contributed by atoms with van der Waals surface area (Å²) in [5.74, 6) is -0.396. The van der Waals surface area contributed by atoms with Gasteiger partial charge in [0.05, 0.1) is 0 Å². The number of allylic oxidation sites excluding steroid dienone is 1. The summed E-state index contributed by atoms with van der Waals surface area (Å²) in [6, 6.07) is 6.72. The second-order valence-electron chi connectivity index (χ2n) is 3.90. The van der Waals surface area contributed by atoms with Crippen molar-refractivity contribution >= 4 is 11.6 Å². The van der Waals surface area contributed by atoms with Gasteiger partial charge < -0.3 is 0 Å². The van der Waals surface area contributed by atoms with E-state index in [9.17, 15) is 14.8 Å². The molecule has 2 aliphatic rings. The van der Waals surface area contributed by atoms with Crippen LogP contribution in [-0.4, -0.2) is 28.4 Å². The molecule has 0 atom stereocenters. The van der Waals surface area contributed by atoms with Crippen LogP contribution in [0.5, 0.6) is 0 Å². The van der Waals surface area contributed by atoms with Crippen LogP contribution in [0.2, 0.25) is 0 Å². The summed E-state index contributed by atoms with van der Waals surface area (Å²) in [7, 11) is 0. The van der Waals surface area contributed by atoms with Crippen molar-refractivity contribution in [3.05, 3.63) is 46.7 Å². The Balaban J connectivity index is 2.25.